The molecule has 0 bridgehead atoms. The molecule has 3 aromatic heterocycles. The van der Waals surface area contributed by atoms with Crippen LogP contribution in [0.2, 0.25) is 0 Å². The molecule has 0 fully saturated rings. The summed E-state index contributed by atoms with van der Waals surface area (Å²) in [5.74, 6) is -3.64. The van der Waals surface area contributed by atoms with E-state index >= 15 is 0 Å². The Morgan fingerprint density at radius 3 is 2.45 bits per heavy atom. The van der Waals surface area contributed by atoms with Crippen LogP contribution in [0.5, 0.6) is 0 Å². The highest BCUT2D eigenvalue weighted by molar-refractivity contribution is 5.69. The van der Waals surface area contributed by atoms with Gasteiger partial charge in [0.2, 0.25) is 0 Å². The number of aromatic nitrogens is 5. The third-order valence-electron chi connectivity index (χ3n) is 6.65. The first-order valence-corrected chi connectivity index (χ1v) is 12.1. The van der Waals surface area contributed by atoms with Crippen LogP contribution < -0.4 is 11.0 Å². The summed E-state index contributed by atoms with van der Waals surface area (Å²) in [6.45, 7) is 5.16. The number of imidazole rings is 1. The second kappa shape index (κ2) is 9.03. The van der Waals surface area contributed by atoms with Crippen LogP contribution in [0.3, 0.4) is 0 Å². The highest BCUT2D eigenvalue weighted by atomic mass is 19.2. The molecule has 0 unspecified atom stereocenters. The van der Waals surface area contributed by atoms with Crippen LogP contribution in [0.4, 0.5) is 18.0 Å². The zero-order valence-corrected chi connectivity index (χ0v) is 21.6. The van der Waals surface area contributed by atoms with Gasteiger partial charge < -0.3 is 14.5 Å². The average Bonchev–Trinajstić information content (AvgIpc) is 3.30. The van der Waals surface area contributed by atoms with E-state index in [9.17, 15) is 22.8 Å². The Balaban J connectivity index is 1.57. The summed E-state index contributed by atoms with van der Waals surface area (Å²) in [6, 6.07) is 4.24. The summed E-state index contributed by atoms with van der Waals surface area (Å²) < 4.78 is 52.6. The minimum absolute atomic E-state index is 0.0585. The van der Waals surface area contributed by atoms with Gasteiger partial charge in [0.05, 0.1) is 5.69 Å². The van der Waals surface area contributed by atoms with Crippen molar-refractivity contribution in [3.05, 3.63) is 75.3 Å². The lowest BCUT2D eigenvalue weighted by molar-refractivity contribution is 0.0493. The number of nitrogens with zero attached hydrogens (tertiary/aromatic N) is 5. The molecule has 2 atom stereocenters. The highest BCUT2D eigenvalue weighted by Crippen LogP contribution is 2.36. The van der Waals surface area contributed by atoms with Gasteiger partial charge in [-0.05, 0) is 44.5 Å². The number of alkyl carbamates (subject to hydrolysis) is 1. The van der Waals surface area contributed by atoms with Crippen LogP contribution in [0, 0.1) is 17.5 Å². The van der Waals surface area contributed by atoms with Crippen LogP contribution in [-0.4, -0.2) is 41.5 Å². The van der Waals surface area contributed by atoms with Gasteiger partial charge in [0, 0.05) is 62.4 Å². The van der Waals surface area contributed by atoms with Crippen molar-refractivity contribution >= 4 is 11.7 Å². The molecule has 200 valence electrons. The molecule has 1 aliphatic carbocycles. The van der Waals surface area contributed by atoms with Gasteiger partial charge in [-0.25, -0.2) is 32.4 Å². The number of pyridine rings is 1. The molecular formula is C26H27F3N6O3. The minimum Gasteiger partial charge on any atom is -0.444 e. The smallest absolute Gasteiger partial charge is 0.407 e. The van der Waals surface area contributed by atoms with Gasteiger partial charge >= 0.3 is 11.8 Å². The molecule has 1 amide bonds. The quantitative estimate of drug-likeness (QED) is 0.410. The molecule has 1 aromatic carbocycles. The molecule has 0 radical (unpaired) electrons. The Morgan fingerprint density at radius 2 is 1.79 bits per heavy atom. The third-order valence-corrected chi connectivity index (χ3v) is 6.65. The van der Waals surface area contributed by atoms with Crippen LogP contribution in [0.1, 0.15) is 43.6 Å². The van der Waals surface area contributed by atoms with E-state index in [4.69, 9.17) is 9.72 Å². The second-order valence-electron chi connectivity index (χ2n) is 10.5. The van der Waals surface area contributed by atoms with Crippen LogP contribution in [0.25, 0.3) is 17.0 Å². The first-order chi connectivity index (χ1) is 17.8. The van der Waals surface area contributed by atoms with Crippen molar-refractivity contribution < 1.29 is 22.7 Å². The molecule has 9 nitrogen and oxygen atoms in total. The standard InChI is InChI=1S/C26H27F3N6O3/c1-26(2,3)38-24(36)31-19-12-21-20(10-15(19)14-9-17(28)18(29)11-16(14)27)30-22-8-13(6-7-35(21)22)23-32-34(5)25(37)33(23)4/h6-9,11,15,19H,10,12H2,1-5H3,(H,31,36)/t15-,19+/m1/s1. The summed E-state index contributed by atoms with van der Waals surface area (Å²) >= 11 is 0. The fraction of sp³-hybridized carbons (Fsp3) is 0.385. The normalized spacial score (nSPS) is 17.5. The number of fused-ring (bicyclic) bond motifs is 3. The number of amides is 1. The van der Waals surface area contributed by atoms with Gasteiger partial charge in [0.15, 0.2) is 17.5 Å². The van der Waals surface area contributed by atoms with Crippen molar-refractivity contribution in [2.45, 2.75) is 51.2 Å². The fourth-order valence-electron chi connectivity index (χ4n) is 4.93. The van der Waals surface area contributed by atoms with E-state index in [1.54, 1.807) is 53.2 Å². The van der Waals surface area contributed by atoms with E-state index < -0.39 is 41.1 Å². The Kier molecular flexibility index (Phi) is 6.07. The van der Waals surface area contributed by atoms with Crippen molar-refractivity contribution in [1.82, 2.24) is 29.0 Å². The lowest BCUT2D eigenvalue weighted by Gasteiger charge is -2.33. The maximum atomic E-state index is 14.9. The molecule has 4 aromatic rings. The van der Waals surface area contributed by atoms with Gasteiger partial charge in [-0.1, -0.05) is 0 Å². The Labute approximate surface area is 215 Å². The number of carbonyl (C=O) groups is 1. The molecule has 1 aliphatic rings. The number of nitrogens with one attached hydrogen (secondary N) is 1. The molecule has 0 aliphatic heterocycles. The lowest BCUT2D eigenvalue weighted by atomic mass is 9.80. The summed E-state index contributed by atoms with van der Waals surface area (Å²) in [5, 5.41) is 7.08. The first kappa shape index (κ1) is 25.6. The first-order valence-electron chi connectivity index (χ1n) is 12.1. The maximum absolute atomic E-state index is 14.9. The summed E-state index contributed by atoms with van der Waals surface area (Å²) in [4.78, 5) is 29.5. The molecule has 5 rings (SSSR count). The summed E-state index contributed by atoms with van der Waals surface area (Å²) in [6.07, 6.45) is 1.49. The molecular weight excluding hydrogens is 501 g/mol. The van der Waals surface area contributed by atoms with Gasteiger partial charge in [-0.15, -0.1) is 5.10 Å². The van der Waals surface area contributed by atoms with Crippen LogP contribution in [0.15, 0.2) is 35.3 Å². The largest absolute Gasteiger partial charge is 0.444 e. The number of ether oxygens (including phenoxy) is 1. The maximum Gasteiger partial charge on any atom is 0.407 e. The van der Waals surface area contributed by atoms with E-state index in [1.165, 1.54) is 9.25 Å². The molecule has 0 saturated heterocycles. The van der Waals surface area contributed by atoms with Crippen LogP contribution in [-0.2, 0) is 31.7 Å². The third kappa shape index (κ3) is 4.54. The number of halogens is 3. The topological polar surface area (TPSA) is 95.4 Å². The van der Waals surface area contributed by atoms with E-state index in [-0.39, 0.29) is 24.1 Å². The van der Waals surface area contributed by atoms with Crippen molar-refractivity contribution in [1.29, 1.82) is 0 Å². The molecule has 0 saturated carbocycles. The van der Waals surface area contributed by atoms with Gasteiger partial charge in [0.25, 0.3) is 0 Å². The monoisotopic (exact) mass is 528 g/mol. The minimum atomic E-state index is -1.29. The van der Waals surface area contributed by atoms with E-state index in [0.29, 0.717) is 28.8 Å². The number of benzene rings is 1. The molecule has 38 heavy (non-hydrogen) atoms. The van der Waals surface area contributed by atoms with Gasteiger partial charge in [-0.3, -0.25) is 4.57 Å². The zero-order chi connectivity index (χ0) is 27.5. The van der Waals surface area contributed by atoms with Crippen molar-refractivity contribution in [3.8, 4) is 11.4 Å². The summed E-state index contributed by atoms with van der Waals surface area (Å²) in [5.41, 5.74) is 1.56. The van der Waals surface area contributed by atoms with Crippen molar-refractivity contribution in [2.75, 3.05) is 0 Å². The SMILES string of the molecule is Cn1nc(-c2ccn3c4c(nc3c2)C[C@H](c2cc(F)c(F)cc2F)[C@@H](NC(=O)OC(C)(C)C)C4)n(C)c1=O. The molecule has 1 N–H and O–H groups in total. The van der Waals surface area contributed by atoms with E-state index in [1.807, 2.05) is 4.40 Å². The number of rotatable bonds is 3. The van der Waals surface area contributed by atoms with E-state index in [2.05, 4.69) is 10.4 Å². The van der Waals surface area contributed by atoms with Crippen LogP contribution >= 0.6 is 0 Å². The van der Waals surface area contributed by atoms with Gasteiger partial charge in [0.1, 0.15) is 17.1 Å². The molecule has 3 heterocycles. The number of aryl methyl sites for hydroxylation is 1. The lowest BCUT2D eigenvalue weighted by Crippen LogP contribution is -2.46. The summed E-state index contributed by atoms with van der Waals surface area (Å²) in [7, 11) is 3.19. The highest BCUT2D eigenvalue weighted by Gasteiger charge is 2.36. The van der Waals surface area contributed by atoms with Crippen molar-refractivity contribution in [3.63, 3.8) is 0 Å². The van der Waals surface area contributed by atoms with Gasteiger partial charge in [-0.2, -0.15) is 0 Å². The molecule has 12 heteroatoms. The molecule has 0 spiro atoms. The predicted molar refractivity (Wildman–Crippen MR) is 132 cm³/mol. The number of carbonyl (C=O) groups excluding carboxylic acids is 1. The average molecular weight is 529 g/mol. The Hall–Kier alpha value is -4.09. The number of hydrogen-bond acceptors (Lipinski definition) is 5. The fourth-order valence-corrected chi connectivity index (χ4v) is 4.93. The van der Waals surface area contributed by atoms with Crippen molar-refractivity contribution in [2.24, 2.45) is 14.1 Å². The Morgan fingerprint density at radius 1 is 1.08 bits per heavy atom. The van der Waals surface area contributed by atoms with E-state index in [0.717, 1.165) is 11.8 Å². The second-order valence-corrected chi connectivity index (χ2v) is 10.5. The zero-order valence-electron chi connectivity index (χ0n) is 21.6. The number of hydrogen-bond donors (Lipinski definition) is 1. The predicted octanol–water partition coefficient (Wildman–Crippen LogP) is 3.63. The Bertz CT molecular complexity index is 1630.